The van der Waals surface area contributed by atoms with E-state index in [1.54, 1.807) is 0 Å². The molecule has 5 nitrogen and oxygen atoms in total. The predicted molar refractivity (Wildman–Crippen MR) is 61.3 cm³/mol. The quantitative estimate of drug-likeness (QED) is 0.859. The van der Waals surface area contributed by atoms with Crippen LogP contribution in [0.4, 0.5) is 8.78 Å². The fraction of sp³-hybridized carbons (Fsp3) is 0.417. The zero-order valence-corrected chi connectivity index (χ0v) is 9.94. The molecule has 1 aromatic carbocycles. The first-order valence-corrected chi connectivity index (χ1v) is 5.68. The molecule has 3 N–H and O–H groups in total. The molecule has 2 rings (SSSR count). The number of rotatable bonds is 5. The van der Waals surface area contributed by atoms with Crippen LogP contribution in [0, 0.1) is 0 Å². The molecule has 1 aromatic rings. The third kappa shape index (κ3) is 2.93. The van der Waals surface area contributed by atoms with Crippen LogP contribution in [0.5, 0.6) is 11.5 Å². The predicted octanol–water partition coefficient (Wildman–Crippen LogP) is 2.22. The first-order chi connectivity index (χ1) is 8.99. The second-order valence-corrected chi connectivity index (χ2v) is 4.18. The lowest BCUT2D eigenvalue weighted by atomic mass is 9.99. The summed E-state index contributed by atoms with van der Waals surface area (Å²) in [7, 11) is 0. The highest BCUT2D eigenvalue weighted by molar-refractivity contribution is 5.66. The number of ether oxygens (including phenoxy) is 2. The Hall–Kier alpha value is -1.89. The van der Waals surface area contributed by atoms with Crippen molar-refractivity contribution in [1.29, 1.82) is 0 Å². The standard InChI is InChI=1S/C12H13F2NO4/c13-12(14)6-3-7(8(15)1-2-10(16)17)11-9(4-6)18-5-19-11/h3-4,8,12H,1-2,5,15H2,(H,16,17). The van der Waals surface area contributed by atoms with Crippen LogP contribution in [0.2, 0.25) is 0 Å². The van der Waals surface area contributed by atoms with Crippen molar-refractivity contribution in [3.63, 3.8) is 0 Å². The van der Waals surface area contributed by atoms with Crippen LogP contribution in [-0.4, -0.2) is 17.9 Å². The maximum absolute atomic E-state index is 12.8. The summed E-state index contributed by atoms with van der Waals surface area (Å²) in [6, 6.07) is 1.76. The summed E-state index contributed by atoms with van der Waals surface area (Å²) in [6.07, 6.45) is -2.66. The molecule has 0 saturated heterocycles. The monoisotopic (exact) mass is 273 g/mol. The van der Waals surface area contributed by atoms with Gasteiger partial charge in [0.2, 0.25) is 6.79 Å². The van der Waals surface area contributed by atoms with Gasteiger partial charge in [-0.1, -0.05) is 0 Å². The fourth-order valence-corrected chi connectivity index (χ4v) is 1.90. The zero-order chi connectivity index (χ0) is 14.0. The first-order valence-electron chi connectivity index (χ1n) is 5.68. The van der Waals surface area contributed by atoms with E-state index in [-0.39, 0.29) is 30.9 Å². The molecule has 1 unspecified atom stereocenters. The Labute approximate surface area is 107 Å². The van der Waals surface area contributed by atoms with E-state index >= 15 is 0 Å². The number of fused-ring (bicyclic) bond motifs is 1. The minimum absolute atomic E-state index is 0.0549. The molecule has 7 heteroatoms. The molecule has 0 fully saturated rings. The third-order valence-corrected chi connectivity index (χ3v) is 2.84. The average Bonchev–Trinajstić information content (AvgIpc) is 2.82. The molecule has 104 valence electrons. The molecular formula is C12H13F2NO4. The van der Waals surface area contributed by atoms with Gasteiger partial charge in [0, 0.05) is 23.6 Å². The van der Waals surface area contributed by atoms with Gasteiger partial charge in [0.1, 0.15) is 0 Å². The lowest BCUT2D eigenvalue weighted by Gasteiger charge is -2.15. The molecule has 1 atom stereocenters. The van der Waals surface area contributed by atoms with Crippen molar-refractivity contribution < 1.29 is 28.2 Å². The molecule has 19 heavy (non-hydrogen) atoms. The van der Waals surface area contributed by atoms with Gasteiger partial charge >= 0.3 is 5.97 Å². The Morgan fingerprint density at radius 1 is 1.42 bits per heavy atom. The van der Waals surface area contributed by atoms with Gasteiger partial charge in [-0.25, -0.2) is 8.78 Å². The summed E-state index contributed by atoms with van der Waals surface area (Å²) in [5, 5.41) is 8.61. The number of aliphatic carboxylic acids is 1. The van der Waals surface area contributed by atoms with E-state index in [1.165, 1.54) is 12.1 Å². The number of carboxylic acids is 1. The molecule has 0 radical (unpaired) electrons. The number of carbonyl (C=O) groups is 1. The maximum Gasteiger partial charge on any atom is 0.303 e. The second-order valence-electron chi connectivity index (χ2n) is 4.18. The van der Waals surface area contributed by atoms with Gasteiger partial charge < -0.3 is 20.3 Å². The second kappa shape index (κ2) is 5.40. The van der Waals surface area contributed by atoms with E-state index in [0.717, 1.165) is 0 Å². The molecule has 0 aromatic heterocycles. The van der Waals surface area contributed by atoms with Crippen molar-refractivity contribution in [3.8, 4) is 11.5 Å². The topological polar surface area (TPSA) is 81.8 Å². The van der Waals surface area contributed by atoms with Gasteiger partial charge in [-0.15, -0.1) is 0 Å². The molecule has 0 spiro atoms. The van der Waals surface area contributed by atoms with E-state index in [9.17, 15) is 13.6 Å². The van der Waals surface area contributed by atoms with Gasteiger partial charge in [-0.3, -0.25) is 4.79 Å². The summed E-state index contributed by atoms with van der Waals surface area (Å²) in [5.74, 6) is -0.449. The van der Waals surface area contributed by atoms with E-state index in [0.29, 0.717) is 11.3 Å². The number of hydrogen-bond acceptors (Lipinski definition) is 4. The number of benzene rings is 1. The average molecular weight is 273 g/mol. The SMILES string of the molecule is NC(CCC(=O)O)c1cc(C(F)F)cc2c1OCO2. The Kier molecular flexibility index (Phi) is 3.84. The van der Waals surface area contributed by atoms with Gasteiger partial charge in [-0.05, 0) is 18.6 Å². The van der Waals surface area contributed by atoms with E-state index in [4.69, 9.17) is 20.3 Å². The van der Waals surface area contributed by atoms with Gasteiger partial charge in [0.05, 0.1) is 0 Å². The van der Waals surface area contributed by atoms with Crippen molar-refractivity contribution in [3.05, 3.63) is 23.3 Å². The van der Waals surface area contributed by atoms with Gasteiger partial charge in [0.25, 0.3) is 6.43 Å². The molecule has 0 amide bonds. The number of nitrogens with two attached hydrogens (primary N) is 1. The Morgan fingerprint density at radius 2 is 2.16 bits per heavy atom. The van der Waals surface area contributed by atoms with Crippen LogP contribution < -0.4 is 15.2 Å². The minimum atomic E-state index is -2.65. The number of halogens is 2. The fourth-order valence-electron chi connectivity index (χ4n) is 1.90. The van der Waals surface area contributed by atoms with Crippen LogP contribution in [0.15, 0.2) is 12.1 Å². The summed E-state index contributed by atoms with van der Waals surface area (Å²) in [4.78, 5) is 10.5. The summed E-state index contributed by atoms with van der Waals surface area (Å²) < 4.78 is 35.8. The van der Waals surface area contributed by atoms with Crippen molar-refractivity contribution in [2.75, 3.05) is 6.79 Å². The lowest BCUT2D eigenvalue weighted by Crippen LogP contribution is -2.13. The number of hydrogen-bond donors (Lipinski definition) is 2. The highest BCUT2D eigenvalue weighted by atomic mass is 19.3. The van der Waals surface area contributed by atoms with E-state index in [1.807, 2.05) is 0 Å². The number of carboxylic acid groups (broad SMARTS) is 1. The Morgan fingerprint density at radius 3 is 2.79 bits per heavy atom. The maximum atomic E-state index is 12.8. The molecule has 0 saturated carbocycles. The smallest absolute Gasteiger partial charge is 0.303 e. The van der Waals surface area contributed by atoms with Gasteiger partial charge in [0.15, 0.2) is 11.5 Å². The molecule has 0 bridgehead atoms. The summed E-state index contributed by atoms with van der Waals surface area (Å²) in [5.41, 5.74) is 5.98. The van der Waals surface area contributed by atoms with Crippen LogP contribution in [0.3, 0.4) is 0 Å². The van der Waals surface area contributed by atoms with E-state index in [2.05, 4.69) is 0 Å². The van der Waals surface area contributed by atoms with Crippen molar-refractivity contribution in [1.82, 2.24) is 0 Å². The summed E-state index contributed by atoms with van der Waals surface area (Å²) in [6.45, 7) is -0.0549. The van der Waals surface area contributed by atoms with E-state index < -0.39 is 18.4 Å². The summed E-state index contributed by atoms with van der Waals surface area (Å²) >= 11 is 0. The highest BCUT2D eigenvalue weighted by Crippen LogP contribution is 2.42. The lowest BCUT2D eigenvalue weighted by molar-refractivity contribution is -0.137. The van der Waals surface area contributed by atoms with Crippen molar-refractivity contribution in [2.45, 2.75) is 25.3 Å². The highest BCUT2D eigenvalue weighted by Gasteiger charge is 2.25. The normalized spacial score (nSPS) is 14.7. The van der Waals surface area contributed by atoms with Crippen LogP contribution in [0.25, 0.3) is 0 Å². The zero-order valence-electron chi connectivity index (χ0n) is 9.94. The third-order valence-electron chi connectivity index (χ3n) is 2.84. The van der Waals surface area contributed by atoms with Crippen molar-refractivity contribution >= 4 is 5.97 Å². The largest absolute Gasteiger partial charge is 0.481 e. The van der Waals surface area contributed by atoms with Crippen LogP contribution in [0.1, 0.15) is 36.4 Å². The molecule has 0 aliphatic carbocycles. The minimum Gasteiger partial charge on any atom is -0.481 e. The Bertz CT molecular complexity index is 493. The van der Waals surface area contributed by atoms with Crippen LogP contribution >= 0.6 is 0 Å². The van der Waals surface area contributed by atoms with Crippen molar-refractivity contribution in [2.24, 2.45) is 5.73 Å². The molecule has 1 heterocycles. The molecule has 1 aliphatic rings. The number of alkyl halides is 2. The van der Waals surface area contributed by atoms with Gasteiger partial charge in [-0.2, -0.15) is 0 Å². The Balaban J connectivity index is 2.30. The first kappa shape index (κ1) is 13.5. The molecule has 1 aliphatic heterocycles. The van der Waals surface area contributed by atoms with Crippen LogP contribution in [-0.2, 0) is 4.79 Å². The molecular weight excluding hydrogens is 260 g/mol.